The molecular weight excluding hydrogens is 373 g/mol. The summed E-state index contributed by atoms with van der Waals surface area (Å²) >= 11 is 0. The number of sulfonamides is 1. The molecule has 0 bridgehead atoms. The summed E-state index contributed by atoms with van der Waals surface area (Å²) < 4.78 is 54.1. The third-order valence-electron chi connectivity index (χ3n) is 4.71. The highest BCUT2D eigenvalue weighted by Crippen LogP contribution is 2.24. The number of methoxy groups -OCH3 is 1. The van der Waals surface area contributed by atoms with Gasteiger partial charge in [-0.15, -0.1) is 0 Å². The molecule has 0 unspecified atom stereocenters. The predicted molar refractivity (Wildman–Crippen MR) is 98.7 cm³/mol. The molecule has 0 radical (unpaired) electrons. The minimum Gasteiger partial charge on any atom is -0.494 e. The molecule has 1 saturated heterocycles. The Morgan fingerprint density at radius 2 is 2.04 bits per heavy atom. The Morgan fingerprint density at radius 3 is 2.63 bits per heavy atom. The van der Waals surface area contributed by atoms with E-state index in [2.05, 4.69) is 9.62 Å². The molecular formula is C18H24FN3O4S. The molecule has 0 saturated carbocycles. The van der Waals surface area contributed by atoms with E-state index in [9.17, 15) is 12.8 Å². The summed E-state index contributed by atoms with van der Waals surface area (Å²) in [7, 11) is -0.600. The van der Waals surface area contributed by atoms with Crippen LogP contribution in [0.25, 0.3) is 0 Å². The van der Waals surface area contributed by atoms with Gasteiger partial charge in [-0.05, 0) is 30.3 Å². The summed E-state index contributed by atoms with van der Waals surface area (Å²) in [5.41, 5.74) is 1.00. The van der Waals surface area contributed by atoms with Crippen molar-refractivity contribution in [2.24, 2.45) is 7.05 Å². The average Bonchev–Trinajstić information content (AvgIpc) is 3.08. The second kappa shape index (κ2) is 8.39. The van der Waals surface area contributed by atoms with Crippen molar-refractivity contribution < 1.29 is 22.3 Å². The number of nitrogens with one attached hydrogen (secondary N) is 1. The molecule has 1 N–H and O–H groups in total. The molecule has 7 nitrogen and oxygen atoms in total. The number of rotatable bonds is 7. The zero-order chi connectivity index (χ0) is 19.4. The van der Waals surface area contributed by atoms with E-state index >= 15 is 0 Å². The van der Waals surface area contributed by atoms with E-state index in [4.69, 9.17) is 9.47 Å². The van der Waals surface area contributed by atoms with E-state index in [0.29, 0.717) is 13.2 Å². The monoisotopic (exact) mass is 397 g/mol. The first-order chi connectivity index (χ1) is 12.9. The standard InChI is InChI=1S/C18H24FN3O4S/c1-21-7-3-4-16(21)17(22-8-10-26-11-9-22)13-20-27(23,24)14-5-6-18(25-2)15(19)12-14/h3-7,12,17,20H,8-11,13H2,1-2H3/t17-/m0/s1. The number of nitrogens with zero attached hydrogens (tertiary/aromatic N) is 2. The molecule has 0 spiro atoms. The van der Waals surface area contributed by atoms with Crippen LogP contribution < -0.4 is 9.46 Å². The maximum absolute atomic E-state index is 13.9. The largest absolute Gasteiger partial charge is 0.494 e. The Labute approximate surface area is 158 Å². The number of aryl methyl sites for hydroxylation is 1. The molecule has 2 aromatic rings. The van der Waals surface area contributed by atoms with E-state index < -0.39 is 15.8 Å². The van der Waals surface area contributed by atoms with Crippen LogP contribution in [0.3, 0.4) is 0 Å². The van der Waals surface area contributed by atoms with Crippen molar-refractivity contribution in [1.29, 1.82) is 0 Å². The zero-order valence-corrected chi connectivity index (χ0v) is 16.2. The van der Waals surface area contributed by atoms with Crippen molar-refractivity contribution in [3.63, 3.8) is 0 Å². The van der Waals surface area contributed by atoms with Gasteiger partial charge in [0.2, 0.25) is 10.0 Å². The smallest absolute Gasteiger partial charge is 0.240 e. The fourth-order valence-electron chi connectivity index (χ4n) is 3.22. The van der Waals surface area contributed by atoms with Gasteiger partial charge in [-0.25, -0.2) is 17.5 Å². The van der Waals surface area contributed by atoms with Gasteiger partial charge in [0, 0.05) is 38.6 Å². The van der Waals surface area contributed by atoms with Gasteiger partial charge in [0.25, 0.3) is 0 Å². The molecule has 3 rings (SSSR count). The fourth-order valence-corrected chi connectivity index (χ4v) is 4.27. The zero-order valence-electron chi connectivity index (χ0n) is 15.4. The van der Waals surface area contributed by atoms with Crippen LogP contribution in [0.1, 0.15) is 11.7 Å². The molecule has 0 amide bonds. The third kappa shape index (κ3) is 4.49. The first-order valence-corrected chi connectivity index (χ1v) is 10.2. The van der Waals surface area contributed by atoms with Crippen LogP contribution in [0.15, 0.2) is 41.4 Å². The summed E-state index contributed by atoms with van der Waals surface area (Å²) in [6, 6.07) is 7.36. The summed E-state index contributed by atoms with van der Waals surface area (Å²) in [6.45, 7) is 2.83. The Bertz CT molecular complexity index is 878. The molecule has 1 atom stereocenters. The minimum atomic E-state index is -3.86. The Hall–Kier alpha value is -1.94. The fraction of sp³-hybridized carbons (Fsp3) is 0.444. The van der Waals surface area contributed by atoms with Crippen molar-refractivity contribution in [3.8, 4) is 5.75 Å². The van der Waals surface area contributed by atoms with Crippen LogP contribution in [-0.2, 0) is 21.8 Å². The molecule has 1 aliphatic heterocycles. The lowest BCUT2D eigenvalue weighted by atomic mass is 10.1. The van der Waals surface area contributed by atoms with E-state index in [-0.39, 0.29) is 23.2 Å². The van der Waals surface area contributed by atoms with Crippen LogP contribution in [0.4, 0.5) is 4.39 Å². The molecule has 1 fully saturated rings. The van der Waals surface area contributed by atoms with Crippen LogP contribution >= 0.6 is 0 Å². The molecule has 27 heavy (non-hydrogen) atoms. The van der Waals surface area contributed by atoms with Crippen molar-refractivity contribution in [1.82, 2.24) is 14.2 Å². The van der Waals surface area contributed by atoms with E-state index in [1.807, 2.05) is 29.9 Å². The van der Waals surface area contributed by atoms with Crippen molar-refractivity contribution in [2.45, 2.75) is 10.9 Å². The highest BCUT2D eigenvalue weighted by atomic mass is 32.2. The number of hydrogen-bond donors (Lipinski definition) is 1. The highest BCUT2D eigenvalue weighted by molar-refractivity contribution is 7.89. The molecule has 9 heteroatoms. The van der Waals surface area contributed by atoms with Crippen LogP contribution in [0.2, 0.25) is 0 Å². The normalized spacial score (nSPS) is 17.0. The van der Waals surface area contributed by atoms with Gasteiger partial charge in [0.05, 0.1) is 31.3 Å². The minimum absolute atomic E-state index is 0.00366. The molecule has 1 aliphatic rings. The van der Waals surface area contributed by atoms with Crippen LogP contribution in [0, 0.1) is 5.82 Å². The third-order valence-corrected chi connectivity index (χ3v) is 6.13. The second-order valence-corrected chi connectivity index (χ2v) is 8.12. The molecule has 148 valence electrons. The number of benzene rings is 1. The maximum Gasteiger partial charge on any atom is 0.240 e. The number of halogens is 1. The van der Waals surface area contributed by atoms with Crippen LogP contribution in [-0.4, -0.2) is 57.8 Å². The topological polar surface area (TPSA) is 72.8 Å². The summed E-state index contributed by atoms with van der Waals surface area (Å²) in [5.74, 6) is -0.712. The van der Waals surface area contributed by atoms with Crippen molar-refractivity contribution in [2.75, 3.05) is 40.0 Å². The summed E-state index contributed by atoms with van der Waals surface area (Å²) in [6.07, 6.45) is 1.93. The lowest BCUT2D eigenvalue weighted by Gasteiger charge is -2.34. The van der Waals surface area contributed by atoms with Gasteiger partial charge >= 0.3 is 0 Å². The molecule has 1 aromatic heterocycles. The molecule has 0 aliphatic carbocycles. The molecule has 2 heterocycles. The molecule has 1 aromatic carbocycles. The van der Waals surface area contributed by atoms with Gasteiger partial charge in [0.1, 0.15) is 0 Å². The van der Waals surface area contributed by atoms with Gasteiger partial charge in [0.15, 0.2) is 11.6 Å². The predicted octanol–water partition coefficient (Wildman–Crippen LogP) is 1.52. The Balaban J connectivity index is 1.79. The van der Waals surface area contributed by atoms with Gasteiger partial charge < -0.3 is 14.0 Å². The maximum atomic E-state index is 13.9. The van der Waals surface area contributed by atoms with Gasteiger partial charge in [-0.3, -0.25) is 4.90 Å². The van der Waals surface area contributed by atoms with E-state index in [0.717, 1.165) is 24.8 Å². The second-order valence-electron chi connectivity index (χ2n) is 6.36. The first kappa shape index (κ1) is 19.8. The van der Waals surface area contributed by atoms with Gasteiger partial charge in [-0.1, -0.05) is 0 Å². The number of hydrogen-bond acceptors (Lipinski definition) is 5. The summed E-state index contributed by atoms with van der Waals surface area (Å²) in [5, 5.41) is 0. The first-order valence-electron chi connectivity index (χ1n) is 8.68. The lowest BCUT2D eigenvalue weighted by molar-refractivity contribution is 0.0158. The number of ether oxygens (including phenoxy) is 2. The average molecular weight is 397 g/mol. The summed E-state index contributed by atoms with van der Waals surface area (Å²) in [4.78, 5) is 2.06. The quantitative estimate of drug-likeness (QED) is 0.767. The van der Waals surface area contributed by atoms with Crippen molar-refractivity contribution >= 4 is 10.0 Å². The van der Waals surface area contributed by atoms with E-state index in [1.54, 1.807) is 0 Å². The Kier molecular flexibility index (Phi) is 6.15. The Morgan fingerprint density at radius 1 is 1.30 bits per heavy atom. The number of aromatic nitrogens is 1. The van der Waals surface area contributed by atoms with Crippen LogP contribution in [0.5, 0.6) is 5.75 Å². The van der Waals surface area contributed by atoms with Gasteiger partial charge in [-0.2, -0.15) is 0 Å². The number of morpholine rings is 1. The SMILES string of the molecule is COc1ccc(S(=O)(=O)NC[C@@H](c2cccn2C)N2CCOCC2)cc1F. The van der Waals surface area contributed by atoms with Crippen molar-refractivity contribution in [3.05, 3.63) is 48.0 Å². The lowest BCUT2D eigenvalue weighted by Crippen LogP contribution is -2.44. The van der Waals surface area contributed by atoms with E-state index in [1.165, 1.54) is 19.2 Å². The highest BCUT2D eigenvalue weighted by Gasteiger charge is 2.27.